The van der Waals surface area contributed by atoms with Gasteiger partial charge in [0.2, 0.25) is 0 Å². The van der Waals surface area contributed by atoms with Crippen molar-refractivity contribution >= 4 is 22.9 Å². The van der Waals surface area contributed by atoms with E-state index in [0.29, 0.717) is 17.1 Å². The lowest BCUT2D eigenvalue weighted by atomic mass is 9.97. The lowest BCUT2D eigenvalue weighted by molar-refractivity contribution is 0.126. The minimum absolute atomic E-state index is 0.120. The number of benzene rings is 1. The normalized spacial score (nSPS) is 29.6. The van der Waals surface area contributed by atoms with Crippen LogP contribution in [-0.2, 0) is 0 Å². The smallest absolute Gasteiger partial charge is 0.103 e. The second kappa shape index (κ2) is 4.76. The molecule has 4 heteroatoms. The van der Waals surface area contributed by atoms with E-state index in [0.717, 1.165) is 18.4 Å². The molecule has 0 radical (unpaired) electrons. The molecule has 3 N–H and O–H groups in total. The highest BCUT2D eigenvalue weighted by molar-refractivity contribution is 7.80. The zero-order chi connectivity index (χ0) is 13.6. The first-order chi connectivity index (χ1) is 9.06. The molecule has 1 aromatic rings. The Labute approximate surface area is 119 Å². The number of nitrogens with zero attached hydrogens (tertiary/aromatic N) is 1. The van der Waals surface area contributed by atoms with Gasteiger partial charge in [-0.2, -0.15) is 0 Å². The zero-order valence-electron chi connectivity index (χ0n) is 11.2. The highest BCUT2D eigenvalue weighted by atomic mass is 32.1. The fourth-order valence-corrected chi connectivity index (χ4v) is 3.77. The minimum atomic E-state index is -0.120. The minimum Gasteiger partial charge on any atom is -0.393 e. The van der Waals surface area contributed by atoms with Crippen molar-refractivity contribution in [1.29, 1.82) is 0 Å². The predicted octanol–water partition coefficient (Wildman–Crippen LogP) is 2.12. The fraction of sp³-hybridized carbons (Fsp3) is 0.533. The van der Waals surface area contributed by atoms with Crippen LogP contribution in [0, 0.1) is 6.92 Å². The molecule has 2 atom stereocenters. The van der Waals surface area contributed by atoms with Crippen molar-refractivity contribution in [2.45, 2.75) is 50.8 Å². The fourth-order valence-electron chi connectivity index (χ4n) is 3.64. The Morgan fingerprint density at radius 3 is 2.47 bits per heavy atom. The molecule has 19 heavy (non-hydrogen) atoms. The molecule has 0 amide bonds. The van der Waals surface area contributed by atoms with Crippen LogP contribution in [0.4, 0.5) is 5.69 Å². The Kier molecular flexibility index (Phi) is 3.23. The molecule has 2 saturated heterocycles. The average Bonchev–Trinajstić information content (AvgIpc) is 2.62. The molecule has 2 heterocycles. The van der Waals surface area contributed by atoms with Crippen molar-refractivity contribution in [1.82, 2.24) is 0 Å². The first-order valence-electron chi connectivity index (χ1n) is 6.93. The van der Waals surface area contributed by atoms with Crippen LogP contribution >= 0.6 is 12.2 Å². The summed E-state index contributed by atoms with van der Waals surface area (Å²) in [6.45, 7) is 2.11. The van der Waals surface area contributed by atoms with E-state index in [2.05, 4.69) is 24.0 Å². The van der Waals surface area contributed by atoms with Gasteiger partial charge in [-0.25, -0.2) is 0 Å². The zero-order valence-corrected chi connectivity index (χ0v) is 12.0. The molecule has 102 valence electrons. The van der Waals surface area contributed by atoms with E-state index in [-0.39, 0.29) is 6.10 Å². The number of aryl methyl sites for hydroxylation is 1. The van der Waals surface area contributed by atoms with Gasteiger partial charge in [-0.05, 0) is 56.4 Å². The highest BCUT2D eigenvalue weighted by Gasteiger charge is 2.40. The van der Waals surface area contributed by atoms with Gasteiger partial charge in [0.25, 0.3) is 0 Å². The van der Waals surface area contributed by atoms with E-state index < -0.39 is 0 Å². The Morgan fingerprint density at radius 1 is 1.32 bits per heavy atom. The summed E-state index contributed by atoms with van der Waals surface area (Å²) in [6, 6.07) is 7.19. The molecule has 2 unspecified atom stereocenters. The van der Waals surface area contributed by atoms with Gasteiger partial charge in [-0.3, -0.25) is 0 Å². The lowest BCUT2D eigenvalue weighted by Crippen LogP contribution is -2.45. The third-order valence-corrected chi connectivity index (χ3v) is 4.70. The maximum atomic E-state index is 9.88. The molecule has 2 bridgehead atoms. The molecule has 1 aromatic carbocycles. The van der Waals surface area contributed by atoms with Crippen LogP contribution in [-0.4, -0.2) is 28.3 Å². The number of piperidine rings is 1. The van der Waals surface area contributed by atoms with Gasteiger partial charge in [0.1, 0.15) is 4.99 Å². The largest absolute Gasteiger partial charge is 0.393 e. The number of aliphatic hydroxyl groups excluding tert-OH is 1. The molecular formula is C15H20N2OS. The predicted molar refractivity (Wildman–Crippen MR) is 81.6 cm³/mol. The van der Waals surface area contributed by atoms with Gasteiger partial charge in [0.05, 0.1) is 6.10 Å². The SMILES string of the molecule is Cc1cc(C(N)=S)ccc1N1C2CCC1CC(O)C2. The van der Waals surface area contributed by atoms with Crippen molar-refractivity contribution in [3.63, 3.8) is 0 Å². The Hall–Kier alpha value is -1.13. The number of aliphatic hydroxyl groups is 1. The second-order valence-corrected chi connectivity index (χ2v) is 6.22. The van der Waals surface area contributed by atoms with Crippen LogP contribution in [0.1, 0.15) is 36.8 Å². The first kappa shape index (κ1) is 12.9. The van der Waals surface area contributed by atoms with E-state index in [1.54, 1.807) is 0 Å². The van der Waals surface area contributed by atoms with Crippen LogP contribution in [0.2, 0.25) is 0 Å². The van der Waals surface area contributed by atoms with E-state index in [9.17, 15) is 5.11 Å². The third kappa shape index (κ3) is 2.23. The number of hydrogen-bond acceptors (Lipinski definition) is 3. The van der Waals surface area contributed by atoms with Crippen molar-refractivity contribution in [2.24, 2.45) is 5.73 Å². The number of fused-ring (bicyclic) bond motifs is 2. The number of nitrogens with two attached hydrogens (primary N) is 1. The van der Waals surface area contributed by atoms with Gasteiger partial charge in [-0.1, -0.05) is 12.2 Å². The number of rotatable bonds is 2. The average molecular weight is 276 g/mol. The number of anilines is 1. The van der Waals surface area contributed by atoms with Crippen LogP contribution in [0.3, 0.4) is 0 Å². The van der Waals surface area contributed by atoms with E-state index in [1.165, 1.54) is 24.1 Å². The van der Waals surface area contributed by atoms with E-state index in [4.69, 9.17) is 18.0 Å². The van der Waals surface area contributed by atoms with Gasteiger partial charge < -0.3 is 15.7 Å². The topological polar surface area (TPSA) is 49.5 Å². The molecule has 0 spiro atoms. The molecule has 0 aliphatic carbocycles. The summed E-state index contributed by atoms with van der Waals surface area (Å²) in [4.78, 5) is 2.96. The molecule has 2 aliphatic rings. The van der Waals surface area contributed by atoms with Crippen LogP contribution in [0.25, 0.3) is 0 Å². The van der Waals surface area contributed by atoms with Crippen LogP contribution in [0.5, 0.6) is 0 Å². The van der Waals surface area contributed by atoms with Gasteiger partial charge >= 0.3 is 0 Å². The van der Waals surface area contributed by atoms with Crippen molar-refractivity contribution in [3.8, 4) is 0 Å². The quantitative estimate of drug-likeness (QED) is 0.812. The van der Waals surface area contributed by atoms with E-state index >= 15 is 0 Å². The van der Waals surface area contributed by atoms with Crippen LogP contribution in [0.15, 0.2) is 18.2 Å². The summed E-state index contributed by atoms with van der Waals surface area (Å²) in [6.07, 6.45) is 4.06. The van der Waals surface area contributed by atoms with E-state index in [1.807, 2.05) is 6.07 Å². The van der Waals surface area contributed by atoms with Crippen LogP contribution < -0.4 is 10.6 Å². The summed E-state index contributed by atoms with van der Waals surface area (Å²) in [5.74, 6) is 0. The third-order valence-electron chi connectivity index (χ3n) is 4.47. The summed E-state index contributed by atoms with van der Waals surface area (Å²) in [5.41, 5.74) is 9.11. The molecule has 0 aromatic heterocycles. The van der Waals surface area contributed by atoms with Gasteiger partial charge in [-0.15, -0.1) is 0 Å². The molecule has 2 fully saturated rings. The Balaban J connectivity index is 1.93. The Bertz CT molecular complexity index is 503. The molecule has 3 nitrogen and oxygen atoms in total. The number of thiocarbonyl (C=S) groups is 1. The number of hydrogen-bond donors (Lipinski definition) is 2. The first-order valence-corrected chi connectivity index (χ1v) is 7.34. The summed E-state index contributed by atoms with van der Waals surface area (Å²) < 4.78 is 0. The molecule has 3 rings (SSSR count). The van der Waals surface area contributed by atoms with Crippen molar-refractivity contribution in [2.75, 3.05) is 4.90 Å². The summed E-state index contributed by atoms with van der Waals surface area (Å²) >= 11 is 5.03. The standard InChI is InChI=1S/C15H20N2OS/c1-9-6-10(15(16)19)2-5-14(9)17-11-3-4-12(17)8-13(18)7-11/h2,5-6,11-13,18H,3-4,7-8H2,1H3,(H2,16,19). The Morgan fingerprint density at radius 2 is 1.95 bits per heavy atom. The summed E-state index contributed by atoms with van der Waals surface area (Å²) in [5, 5.41) is 9.88. The second-order valence-electron chi connectivity index (χ2n) is 5.78. The highest BCUT2D eigenvalue weighted by Crippen LogP contribution is 2.40. The molecule has 0 saturated carbocycles. The maximum absolute atomic E-state index is 9.88. The maximum Gasteiger partial charge on any atom is 0.103 e. The lowest BCUT2D eigenvalue weighted by Gasteiger charge is -2.39. The van der Waals surface area contributed by atoms with Gasteiger partial charge in [0.15, 0.2) is 0 Å². The molecule has 2 aliphatic heterocycles. The molecular weight excluding hydrogens is 256 g/mol. The van der Waals surface area contributed by atoms with Crippen molar-refractivity contribution in [3.05, 3.63) is 29.3 Å². The monoisotopic (exact) mass is 276 g/mol. The van der Waals surface area contributed by atoms with Gasteiger partial charge in [0, 0.05) is 23.3 Å². The summed E-state index contributed by atoms with van der Waals surface area (Å²) in [7, 11) is 0. The van der Waals surface area contributed by atoms with Crippen molar-refractivity contribution < 1.29 is 5.11 Å².